The number of carbonyl (C=O) groups is 1. The van der Waals surface area contributed by atoms with Crippen molar-refractivity contribution < 1.29 is 13.9 Å². The molecule has 0 unspecified atom stereocenters. The van der Waals surface area contributed by atoms with Crippen molar-refractivity contribution in [1.29, 1.82) is 0 Å². The van der Waals surface area contributed by atoms with Crippen LogP contribution in [0.2, 0.25) is 0 Å². The van der Waals surface area contributed by atoms with Gasteiger partial charge in [-0.15, -0.1) is 0 Å². The van der Waals surface area contributed by atoms with Gasteiger partial charge in [0.05, 0.1) is 16.8 Å². The maximum atomic E-state index is 16.3. The number of benzene rings is 2. The molecule has 1 amide bonds. The van der Waals surface area contributed by atoms with Crippen molar-refractivity contribution in [3.8, 4) is 17.2 Å². The van der Waals surface area contributed by atoms with Gasteiger partial charge in [0, 0.05) is 56.4 Å². The Balaban J connectivity index is 1.23. The van der Waals surface area contributed by atoms with Gasteiger partial charge < -0.3 is 24.4 Å². The van der Waals surface area contributed by atoms with Crippen LogP contribution in [-0.2, 0) is 12.8 Å². The van der Waals surface area contributed by atoms with Gasteiger partial charge in [-0.25, -0.2) is 4.39 Å². The summed E-state index contributed by atoms with van der Waals surface area (Å²) in [6, 6.07) is 5.78. The molecule has 0 radical (unpaired) electrons. The Labute approximate surface area is 260 Å². The summed E-state index contributed by atoms with van der Waals surface area (Å²) in [6.45, 7) is 2.66. The van der Waals surface area contributed by atoms with Crippen molar-refractivity contribution in [3.63, 3.8) is 0 Å². The summed E-state index contributed by atoms with van der Waals surface area (Å²) in [5, 5.41) is 3.10. The summed E-state index contributed by atoms with van der Waals surface area (Å²) in [7, 11) is 2.10. The average Bonchev–Trinajstić information content (AvgIpc) is 3.71. The number of carbonyl (C=O) groups excluding carboxylic acids is 1. The van der Waals surface area contributed by atoms with Gasteiger partial charge in [0.25, 0.3) is 5.91 Å². The van der Waals surface area contributed by atoms with Crippen LogP contribution in [0, 0.1) is 5.82 Å². The number of hydrogen-bond acceptors (Lipinski definition) is 7. The number of anilines is 1. The molecule has 0 bridgehead atoms. The normalized spacial score (nSPS) is 20.3. The molecule has 1 N–H and O–H groups in total. The first kappa shape index (κ1) is 27.9. The van der Waals surface area contributed by atoms with E-state index in [1.54, 1.807) is 24.8 Å². The van der Waals surface area contributed by atoms with Gasteiger partial charge in [-0.2, -0.15) is 0 Å². The molecular weight excluding hydrogens is 571 g/mol. The van der Waals surface area contributed by atoms with E-state index in [4.69, 9.17) is 4.74 Å². The summed E-state index contributed by atoms with van der Waals surface area (Å²) < 4.78 is 24.7. The fourth-order valence-electron chi connectivity index (χ4n) is 7.51. The third-order valence-corrected chi connectivity index (χ3v) is 9.95. The molecule has 2 atom stereocenters. The summed E-state index contributed by atoms with van der Waals surface area (Å²) in [5.41, 5.74) is 4.20. The lowest BCUT2D eigenvalue weighted by Crippen LogP contribution is -2.34. The topological polar surface area (TPSA) is 92.6 Å². The second kappa shape index (κ2) is 11.1. The van der Waals surface area contributed by atoms with Crippen LogP contribution in [0.3, 0.4) is 0 Å². The number of pyridine rings is 1. The first-order valence-electron chi connectivity index (χ1n) is 15.9. The number of amides is 1. The number of hydrogen-bond donors (Lipinski definition) is 1. The summed E-state index contributed by atoms with van der Waals surface area (Å²) in [6.07, 6.45) is 16.4. The smallest absolute Gasteiger partial charge is 0.256 e. The standard InChI is InChI=1S/C35H35FN6O3/c1-40-13-4-7-24(40)8-10-39-35(44)26-20-42-29-15-21-5-2-3-6-22(21)16-30(29)45-34-31(42)25(33(26)43)17-27(36)32(34)41-14-9-23(19-41)28-18-37-11-12-38-28/h2-3,11-12,15-18,20,23-24H,4-10,13-14,19H2,1H3,(H,39,44)/t23-,24-/m0/s1. The van der Waals surface area contributed by atoms with Gasteiger partial charge in [-0.3, -0.25) is 19.6 Å². The van der Waals surface area contributed by atoms with Crippen molar-refractivity contribution in [3.05, 3.63) is 93.6 Å². The van der Waals surface area contributed by atoms with Crippen LogP contribution in [0.15, 0.2) is 59.9 Å². The minimum Gasteiger partial charge on any atom is -0.451 e. The summed E-state index contributed by atoms with van der Waals surface area (Å²) >= 11 is 0. The lowest BCUT2D eigenvalue weighted by atomic mass is 9.95. The average molecular weight is 607 g/mol. The predicted octanol–water partition coefficient (Wildman–Crippen LogP) is 4.89. The molecular formula is C35H35FN6O3. The first-order valence-corrected chi connectivity index (χ1v) is 15.9. The molecule has 2 saturated heterocycles. The lowest BCUT2D eigenvalue weighted by Gasteiger charge is -2.30. The number of nitrogens with zero attached hydrogens (tertiary/aromatic N) is 5. The Kier molecular flexibility index (Phi) is 6.89. The minimum absolute atomic E-state index is 0.00488. The van der Waals surface area contributed by atoms with Crippen LogP contribution < -0.4 is 20.4 Å². The summed E-state index contributed by atoms with van der Waals surface area (Å²) in [5.74, 6) is -0.0247. The predicted molar refractivity (Wildman–Crippen MR) is 170 cm³/mol. The number of ether oxygens (including phenoxy) is 1. The molecule has 5 heterocycles. The highest BCUT2D eigenvalue weighted by molar-refractivity contribution is 6.01. The molecule has 3 aliphatic heterocycles. The van der Waals surface area contributed by atoms with E-state index in [0.29, 0.717) is 48.4 Å². The molecule has 2 aromatic heterocycles. The molecule has 0 saturated carbocycles. The van der Waals surface area contributed by atoms with Gasteiger partial charge in [0.2, 0.25) is 5.43 Å². The van der Waals surface area contributed by atoms with Crippen molar-refractivity contribution in [2.75, 3.05) is 38.1 Å². The number of allylic oxidation sites excluding steroid dienone is 2. The highest BCUT2D eigenvalue weighted by atomic mass is 19.1. The lowest BCUT2D eigenvalue weighted by molar-refractivity contribution is 0.0949. The number of aromatic nitrogens is 3. The van der Waals surface area contributed by atoms with Crippen molar-refractivity contribution in [2.24, 2.45) is 0 Å². The fourth-order valence-corrected chi connectivity index (χ4v) is 7.51. The highest BCUT2D eigenvalue weighted by Gasteiger charge is 2.34. The first-order chi connectivity index (χ1) is 22.0. The molecule has 2 fully saturated rings. The molecule has 4 aromatic rings. The van der Waals surface area contributed by atoms with E-state index in [0.717, 1.165) is 67.6 Å². The Morgan fingerprint density at radius 2 is 1.96 bits per heavy atom. The quantitative estimate of drug-likeness (QED) is 0.275. The van der Waals surface area contributed by atoms with E-state index >= 15 is 4.39 Å². The second-order valence-electron chi connectivity index (χ2n) is 12.6. The van der Waals surface area contributed by atoms with E-state index in [1.807, 2.05) is 15.5 Å². The van der Waals surface area contributed by atoms with Gasteiger partial charge in [-0.05, 0) is 81.4 Å². The van der Waals surface area contributed by atoms with Crippen LogP contribution in [0.4, 0.5) is 10.1 Å². The van der Waals surface area contributed by atoms with Crippen LogP contribution in [-0.4, -0.2) is 64.6 Å². The van der Waals surface area contributed by atoms with Gasteiger partial charge >= 0.3 is 0 Å². The molecule has 230 valence electrons. The maximum absolute atomic E-state index is 16.3. The zero-order valence-electron chi connectivity index (χ0n) is 25.3. The van der Waals surface area contributed by atoms with E-state index in [-0.39, 0.29) is 16.9 Å². The van der Waals surface area contributed by atoms with Crippen molar-refractivity contribution in [1.82, 2.24) is 24.8 Å². The Bertz CT molecular complexity index is 1920. The number of rotatable bonds is 6. The van der Waals surface area contributed by atoms with Crippen LogP contribution in [0.5, 0.6) is 11.5 Å². The zero-order valence-corrected chi connectivity index (χ0v) is 25.3. The van der Waals surface area contributed by atoms with Crippen LogP contribution >= 0.6 is 0 Å². The van der Waals surface area contributed by atoms with E-state index < -0.39 is 17.2 Å². The molecule has 45 heavy (non-hydrogen) atoms. The van der Waals surface area contributed by atoms with Crippen LogP contribution in [0.25, 0.3) is 16.6 Å². The van der Waals surface area contributed by atoms with Gasteiger partial charge in [0.15, 0.2) is 17.3 Å². The van der Waals surface area contributed by atoms with Crippen molar-refractivity contribution in [2.45, 2.75) is 50.5 Å². The monoisotopic (exact) mass is 606 g/mol. The van der Waals surface area contributed by atoms with Gasteiger partial charge in [0.1, 0.15) is 16.8 Å². The van der Waals surface area contributed by atoms with Crippen LogP contribution in [0.1, 0.15) is 58.8 Å². The molecule has 4 aliphatic rings. The minimum atomic E-state index is -0.549. The zero-order chi connectivity index (χ0) is 30.7. The molecule has 0 spiro atoms. The molecule has 10 heteroatoms. The molecule has 9 nitrogen and oxygen atoms in total. The number of halogens is 1. The van der Waals surface area contributed by atoms with Crippen molar-refractivity contribution >= 4 is 22.5 Å². The largest absolute Gasteiger partial charge is 0.451 e. The van der Waals surface area contributed by atoms with E-state index in [1.165, 1.54) is 6.07 Å². The second-order valence-corrected chi connectivity index (χ2v) is 12.6. The molecule has 8 rings (SSSR count). The Morgan fingerprint density at radius 1 is 1.11 bits per heavy atom. The molecule has 1 aliphatic carbocycles. The highest BCUT2D eigenvalue weighted by Crippen LogP contribution is 2.48. The SMILES string of the molecule is CN1CCC[C@H]1CCNC(=O)c1cn2c3c(c(N4CC[C@H](c5cnccn5)C4)c(F)cc3c1=O)Oc1cc3c(cc1-2)CC=CC3. The maximum Gasteiger partial charge on any atom is 0.256 e. The fraction of sp³-hybridized carbons (Fsp3) is 0.371. The van der Waals surface area contributed by atoms with E-state index in [9.17, 15) is 9.59 Å². The third kappa shape index (κ3) is 4.79. The Morgan fingerprint density at radius 3 is 2.73 bits per heavy atom. The Hall–Kier alpha value is -4.57. The molecule has 2 aromatic carbocycles. The number of fused-ring (bicyclic) bond motifs is 3. The summed E-state index contributed by atoms with van der Waals surface area (Å²) in [4.78, 5) is 40.4. The third-order valence-electron chi connectivity index (χ3n) is 9.95. The number of likely N-dealkylation sites (tertiary alicyclic amines) is 1. The number of nitrogens with one attached hydrogen (secondary N) is 1. The van der Waals surface area contributed by atoms with Gasteiger partial charge in [-0.1, -0.05) is 12.2 Å². The van der Waals surface area contributed by atoms with E-state index in [2.05, 4.69) is 45.5 Å².